The number of hydrogen-bond donors (Lipinski definition) is 1. The molecule has 1 N–H and O–H groups in total. The number of aliphatic hydroxyl groups excluding tert-OH is 1. The van der Waals surface area contributed by atoms with Crippen molar-refractivity contribution in [1.82, 2.24) is 0 Å². The van der Waals surface area contributed by atoms with Crippen molar-refractivity contribution in [3.8, 4) is 11.5 Å². The highest BCUT2D eigenvalue weighted by molar-refractivity contribution is 6.32. The maximum Gasteiger partial charge on any atom is 0.180 e. The number of benzene rings is 1. The molecule has 0 saturated heterocycles. The van der Waals surface area contributed by atoms with E-state index in [-0.39, 0.29) is 18.6 Å². The molecule has 1 atom stereocenters. The smallest absolute Gasteiger partial charge is 0.180 e. The normalized spacial score (nSPS) is 17.5. The topological polar surface area (TPSA) is 38.7 Å². The standard InChI is InChI=1S/C15H21ClO3/c1-10(9-17)11-7-13(16)15(14(8-11)18-2)19-12-5-3-4-6-12/h7-8,10,12,17H,3-6,9H2,1-2H3. The van der Waals surface area contributed by atoms with E-state index in [1.54, 1.807) is 7.11 Å². The molecule has 1 aromatic rings. The Morgan fingerprint density at radius 1 is 1.37 bits per heavy atom. The fraction of sp³-hybridized carbons (Fsp3) is 0.600. The van der Waals surface area contributed by atoms with Crippen LogP contribution in [0.15, 0.2) is 12.1 Å². The first kappa shape index (κ1) is 14.5. The lowest BCUT2D eigenvalue weighted by Gasteiger charge is -2.19. The van der Waals surface area contributed by atoms with Crippen LogP contribution in [0.4, 0.5) is 0 Å². The third-order valence-corrected chi connectivity index (χ3v) is 3.96. The van der Waals surface area contributed by atoms with Gasteiger partial charge in [-0.05, 0) is 43.4 Å². The highest BCUT2D eigenvalue weighted by atomic mass is 35.5. The van der Waals surface area contributed by atoms with Crippen molar-refractivity contribution < 1.29 is 14.6 Å². The zero-order valence-electron chi connectivity index (χ0n) is 11.5. The van der Waals surface area contributed by atoms with Gasteiger partial charge in [0.1, 0.15) is 0 Å². The first-order valence-electron chi connectivity index (χ1n) is 6.80. The summed E-state index contributed by atoms with van der Waals surface area (Å²) in [5.41, 5.74) is 0.961. The van der Waals surface area contributed by atoms with E-state index in [0.29, 0.717) is 16.5 Å². The number of ether oxygens (including phenoxy) is 2. The SMILES string of the molecule is COc1cc(C(C)CO)cc(Cl)c1OC1CCCC1. The average Bonchev–Trinajstić information content (AvgIpc) is 2.92. The van der Waals surface area contributed by atoms with E-state index < -0.39 is 0 Å². The number of rotatable bonds is 5. The summed E-state index contributed by atoms with van der Waals surface area (Å²) in [4.78, 5) is 0. The van der Waals surface area contributed by atoms with Gasteiger partial charge in [-0.15, -0.1) is 0 Å². The first-order valence-corrected chi connectivity index (χ1v) is 7.18. The molecule has 0 aromatic heterocycles. The van der Waals surface area contributed by atoms with Crippen LogP contribution < -0.4 is 9.47 Å². The second-order valence-electron chi connectivity index (χ2n) is 5.14. The van der Waals surface area contributed by atoms with Crippen LogP contribution >= 0.6 is 11.6 Å². The Morgan fingerprint density at radius 2 is 2.05 bits per heavy atom. The van der Waals surface area contributed by atoms with Gasteiger partial charge in [-0.1, -0.05) is 18.5 Å². The van der Waals surface area contributed by atoms with Gasteiger partial charge >= 0.3 is 0 Å². The zero-order chi connectivity index (χ0) is 13.8. The summed E-state index contributed by atoms with van der Waals surface area (Å²) in [6.07, 6.45) is 4.82. The minimum Gasteiger partial charge on any atom is -0.493 e. The summed E-state index contributed by atoms with van der Waals surface area (Å²) in [5, 5.41) is 9.78. The Kier molecular flexibility index (Phi) is 4.94. The van der Waals surface area contributed by atoms with Gasteiger partial charge in [-0.25, -0.2) is 0 Å². The molecule has 4 heteroatoms. The number of hydrogen-bond acceptors (Lipinski definition) is 3. The molecule has 0 heterocycles. The first-order chi connectivity index (χ1) is 9.15. The monoisotopic (exact) mass is 284 g/mol. The summed E-state index contributed by atoms with van der Waals surface area (Å²) in [5.74, 6) is 1.31. The predicted octanol–water partition coefficient (Wildman–Crippen LogP) is 3.77. The number of aliphatic hydroxyl groups is 1. The molecule has 0 bridgehead atoms. The van der Waals surface area contributed by atoms with Gasteiger partial charge in [0.15, 0.2) is 11.5 Å². The molecule has 0 amide bonds. The minimum absolute atomic E-state index is 0.0342. The van der Waals surface area contributed by atoms with E-state index in [2.05, 4.69) is 0 Å². The van der Waals surface area contributed by atoms with Crippen molar-refractivity contribution in [1.29, 1.82) is 0 Å². The molecule has 2 rings (SSSR count). The molecule has 1 saturated carbocycles. The third kappa shape index (κ3) is 3.34. The van der Waals surface area contributed by atoms with E-state index in [1.807, 2.05) is 19.1 Å². The highest BCUT2D eigenvalue weighted by Gasteiger charge is 2.21. The van der Waals surface area contributed by atoms with E-state index in [9.17, 15) is 5.11 Å². The molecule has 1 aliphatic carbocycles. The molecule has 1 aliphatic rings. The molecule has 1 aromatic carbocycles. The van der Waals surface area contributed by atoms with Gasteiger partial charge in [-0.2, -0.15) is 0 Å². The number of methoxy groups -OCH3 is 1. The summed E-state index contributed by atoms with van der Waals surface area (Å²) in [6.45, 7) is 2.03. The maximum absolute atomic E-state index is 9.23. The van der Waals surface area contributed by atoms with Gasteiger partial charge in [-0.3, -0.25) is 0 Å². The molecule has 1 fully saturated rings. The lowest BCUT2D eigenvalue weighted by molar-refractivity contribution is 0.200. The molecular weight excluding hydrogens is 264 g/mol. The molecule has 1 unspecified atom stereocenters. The van der Waals surface area contributed by atoms with Crippen LogP contribution in [-0.4, -0.2) is 24.9 Å². The fourth-order valence-corrected chi connectivity index (χ4v) is 2.68. The van der Waals surface area contributed by atoms with E-state index in [4.69, 9.17) is 21.1 Å². The second-order valence-corrected chi connectivity index (χ2v) is 5.55. The van der Waals surface area contributed by atoms with E-state index >= 15 is 0 Å². The molecule has 0 radical (unpaired) electrons. The summed E-state index contributed by atoms with van der Waals surface area (Å²) in [6, 6.07) is 3.76. The fourth-order valence-electron chi connectivity index (χ4n) is 2.42. The van der Waals surface area contributed by atoms with Crippen LogP contribution in [0.25, 0.3) is 0 Å². The Hall–Kier alpha value is -0.930. The molecule has 3 nitrogen and oxygen atoms in total. The van der Waals surface area contributed by atoms with Crippen LogP contribution in [0.5, 0.6) is 11.5 Å². The number of halogens is 1. The second kappa shape index (κ2) is 6.49. The zero-order valence-corrected chi connectivity index (χ0v) is 12.2. The average molecular weight is 285 g/mol. The molecule has 0 spiro atoms. The van der Waals surface area contributed by atoms with Crippen molar-refractivity contribution in [3.05, 3.63) is 22.7 Å². The summed E-state index contributed by atoms with van der Waals surface area (Å²) < 4.78 is 11.4. The molecule has 106 valence electrons. The predicted molar refractivity (Wildman–Crippen MR) is 76.4 cm³/mol. The Labute approximate surface area is 119 Å². The summed E-state index contributed by atoms with van der Waals surface area (Å²) >= 11 is 6.31. The Bertz CT molecular complexity index is 428. The van der Waals surface area contributed by atoms with E-state index in [1.165, 1.54) is 12.8 Å². The van der Waals surface area contributed by atoms with E-state index in [0.717, 1.165) is 18.4 Å². The largest absolute Gasteiger partial charge is 0.493 e. The van der Waals surface area contributed by atoms with Gasteiger partial charge in [0.05, 0.1) is 18.2 Å². The lowest BCUT2D eigenvalue weighted by Crippen LogP contribution is -2.12. The van der Waals surface area contributed by atoms with Crippen molar-refractivity contribution in [2.24, 2.45) is 0 Å². The van der Waals surface area contributed by atoms with Gasteiger partial charge < -0.3 is 14.6 Å². The van der Waals surface area contributed by atoms with Gasteiger partial charge in [0.2, 0.25) is 0 Å². The maximum atomic E-state index is 9.23. The summed E-state index contributed by atoms with van der Waals surface area (Å²) in [7, 11) is 1.61. The minimum atomic E-state index is 0.0342. The van der Waals surface area contributed by atoms with Crippen LogP contribution in [0, 0.1) is 0 Å². The van der Waals surface area contributed by atoms with Crippen molar-refractivity contribution >= 4 is 11.6 Å². The third-order valence-electron chi connectivity index (χ3n) is 3.68. The highest BCUT2D eigenvalue weighted by Crippen LogP contribution is 2.40. The Morgan fingerprint density at radius 3 is 2.63 bits per heavy atom. The van der Waals surface area contributed by atoms with Crippen molar-refractivity contribution in [2.45, 2.75) is 44.6 Å². The van der Waals surface area contributed by atoms with Crippen LogP contribution in [0.2, 0.25) is 5.02 Å². The van der Waals surface area contributed by atoms with Crippen LogP contribution in [0.3, 0.4) is 0 Å². The van der Waals surface area contributed by atoms with Crippen molar-refractivity contribution in [3.63, 3.8) is 0 Å². The molecule has 19 heavy (non-hydrogen) atoms. The molecule has 0 aliphatic heterocycles. The van der Waals surface area contributed by atoms with Crippen LogP contribution in [-0.2, 0) is 0 Å². The lowest BCUT2D eigenvalue weighted by atomic mass is 10.0. The van der Waals surface area contributed by atoms with Gasteiger partial charge in [0.25, 0.3) is 0 Å². The van der Waals surface area contributed by atoms with Crippen molar-refractivity contribution in [2.75, 3.05) is 13.7 Å². The quantitative estimate of drug-likeness (QED) is 0.894. The molecular formula is C15H21ClO3. The van der Waals surface area contributed by atoms with Crippen LogP contribution in [0.1, 0.15) is 44.1 Å². The Balaban J connectivity index is 2.26. The van der Waals surface area contributed by atoms with Gasteiger partial charge in [0, 0.05) is 12.5 Å².